The Kier molecular flexibility index (Phi) is 67.6. The van der Waals surface area contributed by atoms with Crippen molar-refractivity contribution in [2.45, 2.75) is 399 Å². The third-order valence-corrected chi connectivity index (χ3v) is 16.3. The second-order valence-corrected chi connectivity index (χ2v) is 24.5. The topological polar surface area (TPSA) is 78.9 Å². The smallest absolute Gasteiger partial charge is 0.306 e. The van der Waals surface area contributed by atoms with Gasteiger partial charge in [-0.1, -0.05) is 339 Å². The van der Waals surface area contributed by atoms with Crippen LogP contribution in [0.25, 0.3) is 0 Å². The number of esters is 3. The van der Waals surface area contributed by atoms with Crippen molar-refractivity contribution in [2.75, 3.05) is 13.2 Å². The molecule has 0 aliphatic heterocycles. The van der Waals surface area contributed by atoms with Gasteiger partial charge in [-0.3, -0.25) is 14.4 Å². The van der Waals surface area contributed by atoms with Gasteiger partial charge >= 0.3 is 17.9 Å². The molecule has 0 amide bonds. The standard InChI is InChI=1S/C75H138O6/c1-4-7-10-13-16-19-22-24-26-28-30-31-32-33-34-35-36-37-38-39-40-41-42-43-44-45-46-48-49-51-53-56-59-62-65-68-74(77)80-71-72(70-79-73(76)67-64-61-58-55-21-18-15-12-9-6-3)81-75(78)69-66-63-60-57-54-52-50-47-29-27-25-23-20-17-14-11-8-5-2/h20,22-24,27-30,72H,4-19,21,25-26,31-71H2,1-3H3/b23-20-,24-22-,29-27-,30-28-. The van der Waals surface area contributed by atoms with Gasteiger partial charge in [0, 0.05) is 19.3 Å². The third kappa shape index (κ3) is 68.0. The summed E-state index contributed by atoms with van der Waals surface area (Å²) >= 11 is 0. The Hall–Kier alpha value is -2.63. The van der Waals surface area contributed by atoms with E-state index in [0.717, 1.165) is 77.0 Å². The summed E-state index contributed by atoms with van der Waals surface area (Å²) in [6.07, 6.45) is 88.8. The van der Waals surface area contributed by atoms with E-state index in [1.807, 2.05) is 0 Å². The quantitative estimate of drug-likeness (QED) is 0.0261. The minimum Gasteiger partial charge on any atom is -0.462 e. The van der Waals surface area contributed by atoms with Gasteiger partial charge in [0.2, 0.25) is 0 Å². The van der Waals surface area contributed by atoms with Gasteiger partial charge in [0.15, 0.2) is 6.10 Å². The molecule has 0 heterocycles. The molecule has 0 N–H and O–H groups in total. The van der Waals surface area contributed by atoms with Crippen molar-refractivity contribution in [3.05, 3.63) is 48.6 Å². The van der Waals surface area contributed by atoms with E-state index in [1.54, 1.807) is 0 Å². The molecular weight excluding hydrogens is 997 g/mol. The molecule has 474 valence electrons. The first-order valence-corrected chi connectivity index (χ1v) is 36.1. The number of carbonyl (C=O) groups excluding carboxylic acids is 3. The summed E-state index contributed by atoms with van der Waals surface area (Å²) in [5.74, 6) is -0.855. The molecule has 0 saturated heterocycles. The Labute approximate surface area is 505 Å². The van der Waals surface area contributed by atoms with E-state index >= 15 is 0 Å². The predicted octanol–water partition coefficient (Wildman–Crippen LogP) is 24.9. The van der Waals surface area contributed by atoms with Crippen LogP contribution in [0.1, 0.15) is 393 Å². The fraction of sp³-hybridized carbons (Fsp3) is 0.853. The molecule has 1 atom stereocenters. The summed E-state index contributed by atoms with van der Waals surface area (Å²) in [7, 11) is 0. The minimum absolute atomic E-state index is 0.0707. The second-order valence-electron chi connectivity index (χ2n) is 24.5. The van der Waals surface area contributed by atoms with Crippen LogP contribution in [-0.2, 0) is 28.6 Å². The molecule has 1 unspecified atom stereocenters. The van der Waals surface area contributed by atoms with E-state index in [1.165, 1.54) is 276 Å². The normalized spacial score (nSPS) is 12.3. The summed E-state index contributed by atoms with van der Waals surface area (Å²) in [5, 5.41) is 0. The lowest BCUT2D eigenvalue weighted by Gasteiger charge is -2.18. The average Bonchev–Trinajstić information content (AvgIpc) is 3.47. The van der Waals surface area contributed by atoms with Gasteiger partial charge in [-0.05, 0) is 83.5 Å². The molecule has 0 aliphatic carbocycles. The fourth-order valence-corrected chi connectivity index (χ4v) is 10.9. The van der Waals surface area contributed by atoms with Gasteiger partial charge in [0.05, 0.1) is 0 Å². The zero-order chi connectivity index (χ0) is 58.5. The molecule has 0 bridgehead atoms. The molecule has 0 aromatic rings. The SMILES string of the molecule is CCCCCC/C=C\C/C=C\CCCCCCCCCC(=O)OC(COC(=O)CCCCCCCCCCCC)COC(=O)CCCCCCCCCCCCCCCCCCCCCCCCC/C=C\C/C=C\CCCCCCC. The molecule has 0 aromatic carbocycles. The van der Waals surface area contributed by atoms with Crippen LogP contribution in [0.4, 0.5) is 0 Å². The molecule has 0 spiro atoms. The molecule has 0 radical (unpaired) electrons. The van der Waals surface area contributed by atoms with E-state index in [9.17, 15) is 14.4 Å². The minimum atomic E-state index is -0.774. The Morgan fingerprint density at radius 3 is 0.691 bits per heavy atom. The highest BCUT2D eigenvalue weighted by Crippen LogP contribution is 2.18. The fourth-order valence-electron chi connectivity index (χ4n) is 10.9. The highest BCUT2D eigenvalue weighted by Gasteiger charge is 2.19. The number of allylic oxidation sites excluding steroid dienone is 8. The molecule has 6 heteroatoms. The van der Waals surface area contributed by atoms with E-state index < -0.39 is 6.10 Å². The van der Waals surface area contributed by atoms with E-state index in [0.29, 0.717) is 19.3 Å². The van der Waals surface area contributed by atoms with Crippen molar-refractivity contribution in [3.63, 3.8) is 0 Å². The van der Waals surface area contributed by atoms with Crippen molar-refractivity contribution < 1.29 is 28.6 Å². The first-order chi connectivity index (χ1) is 40.0. The zero-order valence-electron chi connectivity index (χ0n) is 54.6. The number of unbranched alkanes of at least 4 members (excludes halogenated alkanes) is 48. The summed E-state index contributed by atoms with van der Waals surface area (Å²) in [6, 6.07) is 0. The third-order valence-electron chi connectivity index (χ3n) is 16.3. The van der Waals surface area contributed by atoms with Crippen LogP contribution in [0.15, 0.2) is 48.6 Å². The molecule has 0 aromatic heterocycles. The van der Waals surface area contributed by atoms with Gasteiger partial charge in [-0.25, -0.2) is 0 Å². The van der Waals surface area contributed by atoms with Gasteiger partial charge < -0.3 is 14.2 Å². The Bertz CT molecular complexity index is 1400. The van der Waals surface area contributed by atoms with E-state index in [4.69, 9.17) is 14.2 Å². The van der Waals surface area contributed by atoms with Crippen LogP contribution in [0, 0.1) is 0 Å². The lowest BCUT2D eigenvalue weighted by atomic mass is 10.0. The maximum absolute atomic E-state index is 12.9. The van der Waals surface area contributed by atoms with Gasteiger partial charge in [-0.15, -0.1) is 0 Å². The first-order valence-electron chi connectivity index (χ1n) is 36.1. The molecule has 0 aliphatic rings. The van der Waals surface area contributed by atoms with Crippen molar-refractivity contribution in [1.82, 2.24) is 0 Å². The molecule has 0 fully saturated rings. The van der Waals surface area contributed by atoms with E-state index in [-0.39, 0.29) is 31.1 Å². The number of rotatable bonds is 67. The zero-order valence-corrected chi connectivity index (χ0v) is 54.6. The molecule has 6 nitrogen and oxygen atoms in total. The van der Waals surface area contributed by atoms with Crippen molar-refractivity contribution in [3.8, 4) is 0 Å². The van der Waals surface area contributed by atoms with Gasteiger partial charge in [0.1, 0.15) is 13.2 Å². The second kappa shape index (κ2) is 69.9. The summed E-state index contributed by atoms with van der Waals surface area (Å²) in [6.45, 7) is 6.65. The molecule has 81 heavy (non-hydrogen) atoms. The van der Waals surface area contributed by atoms with Gasteiger partial charge in [-0.2, -0.15) is 0 Å². The maximum Gasteiger partial charge on any atom is 0.306 e. The number of hydrogen-bond donors (Lipinski definition) is 0. The van der Waals surface area contributed by atoms with Crippen LogP contribution in [0.3, 0.4) is 0 Å². The van der Waals surface area contributed by atoms with Crippen molar-refractivity contribution in [2.24, 2.45) is 0 Å². The van der Waals surface area contributed by atoms with E-state index in [2.05, 4.69) is 69.4 Å². The number of carbonyl (C=O) groups is 3. The summed E-state index contributed by atoms with van der Waals surface area (Å²) in [4.78, 5) is 38.3. The molecule has 0 saturated carbocycles. The van der Waals surface area contributed by atoms with Crippen LogP contribution >= 0.6 is 0 Å². The Morgan fingerprint density at radius 1 is 0.247 bits per heavy atom. The van der Waals surface area contributed by atoms with Crippen LogP contribution in [0.2, 0.25) is 0 Å². The first kappa shape index (κ1) is 78.4. The lowest BCUT2D eigenvalue weighted by Crippen LogP contribution is -2.30. The average molecular weight is 1140 g/mol. The largest absolute Gasteiger partial charge is 0.462 e. The Balaban J connectivity index is 4.03. The van der Waals surface area contributed by atoms with Crippen LogP contribution < -0.4 is 0 Å². The summed E-state index contributed by atoms with van der Waals surface area (Å²) < 4.78 is 16.9. The van der Waals surface area contributed by atoms with Crippen molar-refractivity contribution in [1.29, 1.82) is 0 Å². The highest BCUT2D eigenvalue weighted by molar-refractivity contribution is 5.71. The molecule has 0 rings (SSSR count). The van der Waals surface area contributed by atoms with Crippen molar-refractivity contribution >= 4 is 17.9 Å². The van der Waals surface area contributed by atoms with Crippen LogP contribution in [0.5, 0.6) is 0 Å². The number of ether oxygens (including phenoxy) is 3. The lowest BCUT2D eigenvalue weighted by molar-refractivity contribution is -0.167. The summed E-state index contributed by atoms with van der Waals surface area (Å²) in [5.41, 5.74) is 0. The highest BCUT2D eigenvalue weighted by atomic mass is 16.6. The monoisotopic (exact) mass is 1140 g/mol. The van der Waals surface area contributed by atoms with Crippen LogP contribution in [-0.4, -0.2) is 37.2 Å². The molecular formula is C75H138O6. The number of hydrogen-bond acceptors (Lipinski definition) is 6. The predicted molar refractivity (Wildman–Crippen MR) is 353 cm³/mol. The maximum atomic E-state index is 12.9. The van der Waals surface area contributed by atoms with Gasteiger partial charge in [0.25, 0.3) is 0 Å². The Morgan fingerprint density at radius 2 is 0.444 bits per heavy atom.